The van der Waals surface area contributed by atoms with Crippen LogP contribution in [-0.4, -0.2) is 23.5 Å². The first-order valence-corrected chi connectivity index (χ1v) is 5.90. The summed E-state index contributed by atoms with van der Waals surface area (Å²) in [6, 6.07) is 3.52. The van der Waals surface area contributed by atoms with Gasteiger partial charge < -0.3 is 4.90 Å². The lowest BCUT2D eigenvalue weighted by Crippen LogP contribution is -2.21. The van der Waals surface area contributed by atoms with Crippen LogP contribution in [0.2, 0.25) is 10.2 Å². The Hall–Kier alpha value is -0.310. The third-order valence-corrected chi connectivity index (χ3v) is 3.13. The molecule has 0 spiro atoms. The van der Waals surface area contributed by atoms with Crippen LogP contribution in [0.5, 0.6) is 0 Å². The van der Waals surface area contributed by atoms with Gasteiger partial charge in [-0.25, -0.2) is 4.98 Å². The number of rotatable bonds is 4. The molecule has 1 saturated carbocycles. The van der Waals surface area contributed by atoms with Gasteiger partial charge in [0.05, 0.1) is 10.7 Å². The lowest BCUT2D eigenvalue weighted by molar-refractivity contribution is 0.309. The zero-order valence-corrected chi connectivity index (χ0v) is 10.2. The molecule has 2 nitrogen and oxygen atoms in total. The van der Waals surface area contributed by atoms with E-state index in [0.29, 0.717) is 10.2 Å². The maximum atomic E-state index is 6.04. The molecule has 0 aliphatic heterocycles. The van der Waals surface area contributed by atoms with Gasteiger partial charge in [0, 0.05) is 13.1 Å². The van der Waals surface area contributed by atoms with Crippen molar-refractivity contribution in [3.63, 3.8) is 0 Å². The minimum atomic E-state index is 0.509. The molecule has 0 bridgehead atoms. The van der Waals surface area contributed by atoms with Gasteiger partial charge >= 0.3 is 0 Å². The average Bonchev–Trinajstić information content (AvgIpc) is 2.95. The first-order valence-electron chi connectivity index (χ1n) is 5.14. The van der Waals surface area contributed by atoms with Gasteiger partial charge in [-0.1, -0.05) is 23.2 Å². The number of aromatic nitrogens is 1. The number of nitrogens with zero attached hydrogens (tertiary/aromatic N) is 2. The van der Waals surface area contributed by atoms with Gasteiger partial charge in [-0.3, -0.25) is 0 Å². The van der Waals surface area contributed by atoms with Crippen molar-refractivity contribution in [2.24, 2.45) is 5.92 Å². The lowest BCUT2D eigenvalue weighted by atomic mass is 10.3. The lowest BCUT2D eigenvalue weighted by Gasteiger charge is -2.16. The quantitative estimate of drug-likeness (QED) is 0.757. The smallest absolute Gasteiger partial charge is 0.129 e. The fourth-order valence-electron chi connectivity index (χ4n) is 1.63. The third kappa shape index (κ3) is 3.33. The summed E-state index contributed by atoms with van der Waals surface area (Å²) >= 11 is 11.9. The Bertz CT molecular complexity index is 350. The molecule has 0 unspecified atom stereocenters. The summed E-state index contributed by atoms with van der Waals surface area (Å²) < 4.78 is 0. The third-order valence-electron chi connectivity index (χ3n) is 2.57. The van der Waals surface area contributed by atoms with Gasteiger partial charge in [-0.05, 0) is 37.9 Å². The van der Waals surface area contributed by atoms with Crippen LogP contribution in [0.3, 0.4) is 0 Å². The largest absolute Gasteiger partial charge is 0.300 e. The average molecular weight is 245 g/mol. The fraction of sp³-hybridized carbons (Fsp3) is 0.545. The minimum absolute atomic E-state index is 0.509. The molecule has 1 heterocycles. The normalized spacial score (nSPS) is 16.0. The molecule has 1 aromatic rings. The summed E-state index contributed by atoms with van der Waals surface area (Å²) in [5, 5.41) is 1.20. The summed E-state index contributed by atoms with van der Waals surface area (Å²) in [6.45, 7) is 1.90. The van der Waals surface area contributed by atoms with Gasteiger partial charge in [-0.15, -0.1) is 0 Å². The van der Waals surface area contributed by atoms with Crippen LogP contribution in [-0.2, 0) is 6.54 Å². The molecule has 1 aliphatic rings. The molecular weight excluding hydrogens is 231 g/mol. The van der Waals surface area contributed by atoms with Crippen molar-refractivity contribution in [3.8, 4) is 0 Å². The molecule has 0 amide bonds. The molecule has 0 aromatic carbocycles. The van der Waals surface area contributed by atoms with Crippen molar-refractivity contribution >= 4 is 23.2 Å². The Morgan fingerprint density at radius 1 is 1.40 bits per heavy atom. The fourth-order valence-corrected chi connectivity index (χ4v) is 1.96. The molecule has 1 fully saturated rings. The summed E-state index contributed by atoms with van der Waals surface area (Å²) in [4.78, 5) is 6.48. The highest BCUT2D eigenvalue weighted by molar-refractivity contribution is 6.32. The van der Waals surface area contributed by atoms with Crippen molar-refractivity contribution in [1.29, 1.82) is 0 Å². The molecule has 1 aliphatic carbocycles. The summed E-state index contributed by atoms with van der Waals surface area (Å²) in [5.41, 5.74) is 0.868. The van der Waals surface area contributed by atoms with Crippen molar-refractivity contribution < 1.29 is 0 Å². The van der Waals surface area contributed by atoms with Gasteiger partial charge in [0.1, 0.15) is 5.15 Å². The van der Waals surface area contributed by atoms with Gasteiger partial charge in [0.25, 0.3) is 0 Å². The second-order valence-corrected chi connectivity index (χ2v) is 5.00. The maximum Gasteiger partial charge on any atom is 0.129 e. The topological polar surface area (TPSA) is 16.1 Å². The van der Waals surface area contributed by atoms with E-state index in [1.165, 1.54) is 12.8 Å². The highest BCUT2D eigenvalue weighted by Gasteiger charge is 2.23. The van der Waals surface area contributed by atoms with E-state index in [1.54, 1.807) is 12.1 Å². The van der Waals surface area contributed by atoms with Crippen LogP contribution in [0.4, 0.5) is 0 Å². The van der Waals surface area contributed by atoms with E-state index in [0.717, 1.165) is 24.7 Å². The van der Waals surface area contributed by atoms with Gasteiger partial charge in [0.2, 0.25) is 0 Å². The van der Waals surface area contributed by atoms with Gasteiger partial charge in [-0.2, -0.15) is 0 Å². The predicted molar refractivity (Wildman–Crippen MR) is 63.3 cm³/mol. The number of hydrogen-bond donors (Lipinski definition) is 0. The van der Waals surface area contributed by atoms with Crippen molar-refractivity contribution in [2.45, 2.75) is 19.4 Å². The van der Waals surface area contributed by atoms with E-state index in [4.69, 9.17) is 23.2 Å². The van der Waals surface area contributed by atoms with E-state index in [9.17, 15) is 0 Å². The molecule has 82 valence electrons. The van der Waals surface area contributed by atoms with E-state index >= 15 is 0 Å². The Balaban J connectivity index is 1.98. The molecule has 2 rings (SSSR count). The Morgan fingerprint density at radius 2 is 2.13 bits per heavy atom. The Labute approximate surface area is 100 Å². The number of hydrogen-bond acceptors (Lipinski definition) is 2. The van der Waals surface area contributed by atoms with Crippen molar-refractivity contribution in [3.05, 3.63) is 28.0 Å². The zero-order valence-electron chi connectivity index (χ0n) is 8.71. The van der Waals surface area contributed by atoms with E-state index < -0.39 is 0 Å². The van der Waals surface area contributed by atoms with Crippen molar-refractivity contribution in [1.82, 2.24) is 9.88 Å². The highest BCUT2D eigenvalue weighted by Crippen LogP contribution is 2.30. The predicted octanol–water partition coefficient (Wildman–Crippen LogP) is 3.23. The van der Waals surface area contributed by atoms with E-state index in [2.05, 4.69) is 16.9 Å². The van der Waals surface area contributed by atoms with E-state index in [-0.39, 0.29) is 0 Å². The first kappa shape index (κ1) is 11.2. The molecule has 0 atom stereocenters. The van der Waals surface area contributed by atoms with E-state index in [1.807, 2.05) is 0 Å². The minimum Gasteiger partial charge on any atom is -0.300 e. The second-order valence-electron chi connectivity index (χ2n) is 4.20. The number of halogens is 2. The van der Waals surface area contributed by atoms with Crippen LogP contribution in [0.15, 0.2) is 12.1 Å². The highest BCUT2D eigenvalue weighted by atomic mass is 35.5. The van der Waals surface area contributed by atoms with Crippen LogP contribution in [0, 0.1) is 5.92 Å². The molecule has 0 saturated heterocycles. The first-order chi connectivity index (χ1) is 7.15. The molecule has 0 radical (unpaired) electrons. The standard InChI is InChI=1S/C11H14Cl2N2/c1-15(6-8-2-3-8)7-10-9(12)4-5-11(13)14-10/h4-5,8H,2-3,6-7H2,1H3. The van der Waals surface area contributed by atoms with Crippen LogP contribution >= 0.6 is 23.2 Å². The molecule has 1 aromatic heterocycles. The summed E-state index contributed by atoms with van der Waals surface area (Å²) in [6.07, 6.45) is 2.72. The summed E-state index contributed by atoms with van der Waals surface area (Å²) in [7, 11) is 2.09. The molecule has 4 heteroatoms. The Kier molecular flexibility index (Phi) is 3.49. The SMILES string of the molecule is CN(Cc1nc(Cl)ccc1Cl)CC1CC1. The van der Waals surface area contributed by atoms with Crippen LogP contribution in [0.1, 0.15) is 18.5 Å². The molecule has 0 N–H and O–H groups in total. The molecule has 15 heavy (non-hydrogen) atoms. The number of pyridine rings is 1. The van der Waals surface area contributed by atoms with Crippen LogP contribution < -0.4 is 0 Å². The van der Waals surface area contributed by atoms with Crippen LogP contribution in [0.25, 0.3) is 0 Å². The van der Waals surface area contributed by atoms with Gasteiger partial charge in [0.15, 0.2) is 0 Å². The van der Waals surface area contributed by atoms with Crippen molar-refractivity contribution in [2.75, 3.05) is 13.6 Å². The zero-order chi connectivity index (χ0) is 10.8. The maximum absolute atomic E-state index is 6.04. The Morgan fingerprint density at radius 3 is 2.80 bits per heavy atom. The monoisotopic (exact) mass is 244 g/mol. The summed E-state index contributed by atoms with van der Waals surface area (Å²) in [5.74, 6) is 0.882. The second kappa shape index (κ2) is 4.69. The molecular formula is C11H14Cl2N2.